The molecule has 3 heterocycles. The lowest BCUT2D eigenvalue weighted by Gasteiger charge is -2.33. The third-order valence-corrected chi connectivity index (χ3v) is 6.27. The number of amides is 1. The number of hydrogen-bond donors (Lipinski definition) is 1. The number of anilines is 2. The highest BCUT2D eigenvalue weighted by Crippen LogP contribution is 2.32. The summed E-state index contributed by atoms with van der Waals surface area (Å²) in [5.74, 6) is 0.172. The van der Waals surface area contributed by atoms with Gasteiger partial charge in [0.15, 0.2) is 5.82 Å². The van der Waals surface area contributed by atoms with E-state index in [1.165, 1.54) is 30.2 Å². The molecule has 2 aromatic heterocycles. The maximum atomic E-state index is 14.2. The van der Waals surface area contributed by atoms with E-state index in [1.54, 1.807) is 18.3 Å². The highest BCUT2D eigenvalue weighted by atomic mass is 19.1. The molecule has 1 aliphatic heterocycles. The standard InChI is InChI=1S/C23H26FN5O/c1-15-8-9-20(18(24)13-15)26-23(30)16-5-4-11-28(14-16)22-21-17-6-2-3-7-19(17)27-29(21)12-10-25-22/h8-10,12-13,16H,2-7,11,14H2,1H3,(H,26,30). The molecule has 30 heavy (non-hydrogen) atoms. The van der Waals surface area contributed by atoms with Crippen LogP contribution in [0.25, 0.3) is 5.52 Å². The van der Waals surface area contributed by atoms with Gasteiger partial charge in [0, 0.05) is 31.0 Å². The Labute approximate surface area is 175 Å². The van der Waals surface area contributed by atoms with Crippen molar-refractivity contribution in [1.29, 1.82) is 0 Å². The zero-order valence-electron chi connectivity index (χ0n) is 17.2. The van der Waals surface area contributed by atoms with E-state index < -0.39 is 5.82 Å². The Morgan fingerprint density at radius 2 is 2.10 bits per heavy atom. The molecule has 0 spiro atoms. The minimum atomic E-state index is -0.395. The maximum absolute atomic E-state index is 14.2. The van der Waals surface area contributed by atoms with Crippen LogP contribution in [0.5, 0.6) is 0 Å². The van der Waals surface area contributed by atoms with Gasteiger partial charge in [-0.2, -0.15) is 5.10 Å². The van der Waals surface area contributed by atoms with Crippen LogP contribution in [0.15, 0.2) is 30.6 Å². The van der Waals surface area contributed by atoms with Gasteiger partial charge in [-0.05, 0) is 63.1 Å². The average Bonchev–Trinajstić information content (AvgIpc) is 3.14. The number of fused-ring (bicyclic) bond motifs is 3. The summed E-state index contributed by atoms with van der Waals surface area (Å²) in [5.41, 5.74) is 4.64. The van der Waals surface area contributed by atoms with Crippen LogP contribution in [-0.4, -0.2) is 33.6 Å². The fourth-order valence-corrected chi connectivity index (χ4v) is 4.72. The van der Waals surface area contributed by atoms with Gasteiger partial charge in [-0.15, -0.1) is 0 Å². The molecule has 1 aromatic carbocycles. The number of nitrogens with one attached hydrogen (secondary N) is 1. The van der Waals surface area contributed by atoms with E-state index in [9.17, 15) is 9.18 Å². The summed E-state index contributed by atoms with van der Waals surface area (Å²) < 4.78 is 16.1. The molecule has 6 nitrogen and oxygen atoms in total. The number of carbonyl (C=O) groups is 1. The molecule has 7 heteroatoms. The molecule has 3 aromatic rings. The number of carbonyl (C=O) groups excluding carboxylic acids is 1. The monoisotopic (exact) mass is 407 g/mol. The van der Waals surface area contributed by atoms with Crippen molar-refractivity contribution in [3.8, 4) is 0 Å². The molecule has 1 fully saturated rings. The van der Waals surface area contributed by atoms with Crippen LogP contribution >= 0.6 is 0 Å². The lowest BCUT2D eigenvalue weighted by atomic mass is 9.95. The van der Waals surface area contributed by atoms with E-state index >= 15 is 0 Å². The van der Waals surface area contributed by atoms with Crippen LogP contribution in [-0.2, 0) is 17.6 Å². The van der Waals surface area contributed by atoms with E-state index in [0.29, 0.717) is 6.54 Å². The highest BCUT2D eigenvalue weighted by molar-refractivity contribution is 5.93. The van der Waals surface area contributed by atoms with E-state index in [0.717, 1.165) is 49.1 Å². The number of piperidine rings is 1. The SMILES string of the molecule is Cc1ccc(NC(=O)C2CCCN(c3nccn4nc5c(c34)CCCC5)C2)c(F)c1. The van der Waals surface area contributed by atoms with Gasteiger partial charge in [0.05, 0.1) is 17.3 Å². The van der Waals surface area contributed by atoms with Crippen molar-refractivity contribution in [3.05, 3.63) is 53.2 Å². The van der Waals surface area contributed by atoms with Crippen LogP contribution in [0, 0.1) is 18.7 Å². The molecule has 5 rings (SSSR count). The van der Waals surface area contributed by atoms with Crippen LogP contribution < -0.4 is 10.2 Å². The van der Waals surface area contributed by atoms with E-state index in [4.69, 9.17) is 5.10 Å². The largest absolute Gasteiger partial charge is 0.354 e. The second-order valence-corrected chi connectivity index (χ2v) is 8.43. The Hall–Kier alpha value is -2.96. The van der Waals surface area contributed by atoms with Crippen molar-refractivity contribution in [3.63, 3.8) is 0 Å². The number of hydrogen-bond acceptors (Lipinski definition) is 4. The van der Waals surface area contributed by atoms with Gasteiger partial charge >= 0.3 is 0 Å². The first-order valence-electron chi connectivity index (χ1n) is 10.8. The van der Waals surface area contributed by atoms with Crippen LogP contribution in [0.1, 0.15) is 42.5 Å². The molecule has 0 radical (unpaired) electrons. The molecule has 1 unspecified atom stereocenters. The number of halogens is 1. The normalized spacial score (nSPS) is 19.0. The summed E-state index contributed by atoms with van der Waals surface area (Å²) in [6.07, 6.45) is 9.78. The number of benzene rings is 1. The Balaban J connectivity index is 1.39. The minimum absolute atomic E-state index is 0.134. The minimum Gasteiger partial charge on any atom is -0.354 e. The van der Waals surface area contributed by atoms with Gasteiger partial charge in [0.2, 0.25) is 5.91 Å². The topological polar surface area (TPSA) is 62.5 Å². The fraction of sp³-hybridized carbons (Fsp3) is 0.435. The van der Waals surface area contributed by atoms with Gasteiger partial charge in [-0.25, -0.2) is 13.9 Å². The van der Waals surface area contributed by atoms with E-state index in [-0.39, 0.29) is 17.5 Å². The summed E-state index contributed by atoms with van der Waals surface area (Å²) in [7, 11) is 0. The molecule has 1 saturated heterocycles. The van der Waals surface area contributed by atoms with Crippen molar-refractivity contribution in [1.82, 2.24) is 14.6 Å². The number of aryl methyl sites for hydroxylation is 3. The molecule has 1 aliphatic carbocycles. The lowest BCUT2D eigenvalue weighted by Crippen LogP contribution is -2.41. The molecule has 2 aliphatic rings. The summed E-state index contributed by atoms with van der Waals surface area (Å²) in [6, 6.07) is 4.87. The molecule has 156 valence electrons. The first-order chi connectivity index (χ1) is 14.6. The molecular weight excluding hydrogens is 381 g/mol. The van der Waals surface area contributed by atoms with Gasteiger partial charge in [-0.3, -0.25) is 4.79 Å². The number of rotatable bonds is 3. The van der Waals surface area contributed by atoms with E-state index in [2.05, 4.69) is 15.2 Å². The van der Waals surface area contributed by atoms with Gasteiger partial charge < -0.3 is 10.2 Å². The van der Waals surface area contributed by atoms with Crippen molar-refractivity contribution >= 4 is 22.9 Å². The molecule has 1 atom stereocenters. The first kappa shape index (κ1) is 19.0. The summed E-state index contributed by atoms with van der Waals surface area (Å²) in [4.78, 5) is 19.8. The maximum Gasteiger partial charge on any atom is 0.229 e. The van der Waals surface area contributed by atoms with Crippen LogP contribution in [0.4, 0.5) is 15.9 Å². The Bertz CT molecular complexity index is 1110. The van der Waals surface area contributed by atoms with Crippen LogP contribution in [0.3, 0.4) is 0 Å². The van der Waals surface area contributed by atoms with Crippen molar-refractivity contribution < 1.29 is 9.18 Å². The zero-order chi connectivity index (χ0) is 20.7. The van der Waals surface area contributed by atoms with Gasteiger partial charge in [0.25, 0.3) is 0 Å². The average molecular weight is 407 g/mol. The molecule has 0 bridgehead atoms. The third kappa shape index (κ3) is 3.42. The summed E-state index contributed by atoms with van der Waals surface area (Å²) in [6.45, 7) is 3.26. The lowest BCUT2D eigenvalue weighted by molar-refractivity contribution is -0.120. The quantitative estimate of drug-likeness (QED) is 0.715. The van der Waals surface area contributed by atoms with Crippen LogP contribution in [0.2, 0.25) is 0 Å². The van der Waals surface area contributed by atoms with Gasteiger partial charge in [-0.1, -0.05) is 6.07 Å². The van der Waals surface area contributed by atoms with Crippen molar-refractivity contribution in [2.75, 3.05) is 23.3 Å². The second-order valence-electron chi connectivity index (χ2n) is 8.43. The second kappa shape index (κ2) is 7.70. The Morgan fingerprint density at radius 1 is 1.23 bits per heavy atom. The number of nitrogens with zero attached hydrogens (tertiary/aromatic N) is 4. The van der Waals surface area contributed by atoms with Crippen molar-refractivity contribution in [2.24, 2.45) is 5.92 Å². The first-order valence-corrected chi connectivity index (χ1v) is 10.8. The molecule has 1 N–H and O–H groups in total. The summed E-state index contributed by atoms with van der Waals surface area (Å²) in [5, 5.41) is 7.55. The third-order valence-electron chi connectivity index (χ3n) is 6.27. The molecule has 1 amide bonds. The number of aromatic nitrogens is 3. The molecule has 0 saturated carbocycles. The van der Waals surface area contributed by atoms with E-state index in [1.807, 2.05) is 17.6 Å². The zero-order valence-corrected chi connectivity index (χ0v) is 17.2. The smallest absolute Gasteiger partial charge is 0.229 e. The summed E-state index contributed by atoms with van der Waals surface area (Å²) >= 11 is 0. The predicted molar refractivity (Wildman–Crippen MR) is 114 cm³/mol. The van der Waals surface area contributed by atoms with Crippen molar-refractivity contribution in [2.45, 2.75) is 45.4 Å². The molecular formula is C23H26FN5O. The Morgan fingerprint density at radius 3 is 2.97 bits per heavy atom. The van der Waals surface area contributed by atoms with Gasteiger partial charge in [0.1, 0.15) is 11.3 Å². The fourth-order valence-electron chi connectivity index (χ4n) is 4.72. The predicted octanol–water partition coefficient (Wildman–Crippen LogP) is 3.91. The highest BCUT2D eigenvalue weighted by Gasteiger charge is 2.29. The Kier molecular flexibility index (Phi) is 4.89.